The van der Waals surface area contributed by atoms with Gasteiger partial charge in [-0.25, -0.2) is 4.79 Å². The van der Waals surface area contributed by atoms with Crippen molar-refractivity contribution in [2.24, 2.45) is 0 Å². The van der Waals surface area contributed by atoms with Crippen molar-refractivity contribution in [3.8, 4) is 0 Å². The SMILES string of the molecule is C/C(=C/C(=O)O)CNc1cc(Cl)c(C)cc1Br. The van der Waals surface area contributed by atoms with Crippen LogP contribution in [-0.4, -0.2) is 17.6 Å². The number of halogens is 2. The van der Waals surface area contributed by atoms with Gasteiger partial charge in [-0.3, -0.25) is 0 Å². The van der Waals surface area contributed by atoms with Crippen molar-refractivity contribution in [1.29, 1.82) is 0 Å². The first kappa shape index (κ1) is 14.1. The Hall–Kier alpha value is -1.000. The number of aliphatic carboxylic acids is 1. The first-order chi connectivity index (χ1) is 7.90. The molecular weight excluding hydrogens is 305 g/mol. The first-order valence-corrected chi connectivity index (χ1v) is 6.17. The first-order valence-electron chi connectivity index (χ1n) is 4.99. The van der Waals surface area contributed by atoms with Crippen LogP contribution in [-0.2, 0) is 4.79 Å². The average molecular weight is 319 g/mol. The highest BCUT2D eigenvalue weighted by Gasteiger charge is 2.04. The molecule has 5 heteroatoms. The predicted molar refractivity (Wildman–Crippen MR) is 73.8 cm³/mol. The Morgan fingerprint density at radius 3 is 2.82 bits per heavy atom. The summed E-state index contributed by atoms with van der Waals surface area (Å²) < 4.78 is 0.905. The molecule has 1 aromatic rings. The summed E-state index contributed by atoms with van der Waals surface area (Å²) in [5, 5.41) is 12.4. The van der Waals surface area contributed by atoms with Crippen molar-refractivity contribution in [2.45, 2.75) is 13.8 Å². The van der Waals surface area contributed by atoms with E-state index in [-0.39, 0.29) is 0 Å². The van der Waals surface area contributed by atoms with E-state index < -0.39 is 5.97 Å². The zero-order chi connectivity index (χ0) is 13.0. The van der Waals surface area contributed by atoms with Crippen LogP contribution in [0.5, 0.6) is 0 Å². The molecule has 0 saturated heterocycles. The van der Waals surface area contributed by atoms with Gasteiger partial charge in [-0.2, -0.15) is 0 Å². The Morgan fingerprint density at radius 2 is 2.24 bits per heavy atom. The zero-order valence-corrected chi connectivity index (χ0v) is 11.9. The maximum absolute atomic E-state index is 10.5. The maximum atomic E-state index is 10.5. The Labute approximate surface area is 114 Å². The van der Waals surface area contributed by atoms with Crippen molar-refractivity contribution >= 4 is 39.2 Å². The van der Waals surface area contributed by atoms with Gasteiger partial charge in [-0.1, -0.05) is 11.6 Å². The van der Waals surface area contributed by atoms with Crippen LogP contribution in [0, 0.1) is 6.92 Å². The molecule has 0 bridgehead atoms. The van der Waals surface area contributed by atoms with Crippen molar-refractivity contribution in [3.05, 3.63) is 38.8 Å². The molecule has 2 N–H and O–H groups in total. The molecule has 17 heavy (non-hydrogen) atoms. The summed E-state index contributed by atoms with van der Waals surface area (Å²) in [6.07, 6.45) is 1.18. The topological polar surface area (TPSA) is 49.3 Å². The normalized spacial score (nSPS) is 11.4. The number of rotatable bonds is 4. The number of aryl methyl sites for hydroxylation is 1. The Morgan fingerprint density at radius 1 is 1.59 bits per heavy atom. The summed E-state index contributed by atoms with van der Waals surface area (Å²) in [5.41, 5.74) is 2.57. The zero-order valence-electron chi connectivity index (χ0n) is 9.55. The fourth-order valence-electron chi connectivity index (χ4n) is 1.28. The van der Waals surface area contributed by atoms with E-state index in [1.807, 2.05) is 19.1 Å². The number of carboxylic acids is 1. The smallest absolute Gasteiger partial charge is 0.328 e. The molecule has 0 fully saturated rings. The van der Waals surface area contributed by atoms with Gasteiger partial charge in [0.15, 0.2) is 0 Å². The minimum absolute atomic E-state index is 0.463. The van der Waals surface area contributed by atoms with Crippen LogP contribution in [0.25, 0.3) is 0 Å². The van der Waals surface area contributed by atoms with Gasteiger partial charge >= 0.3 is 5.97 Å². The number of hydrogen-bond acceptors (Lipinski definition) is 2. The Balaban J connectivity index is 2.76. The van der Waals surface area contributed by atoms with E-state index in [1.165, 1.54) is 6.08 Å². The Kier molecular flexibility index (Phi) is 5.02. The van der Waals surface area contributed by atoms with Crippen LogP contribution < -0.4 is 5.32 Å². The molecule has 0 amide bonds. The molecule has 0 aromatic heterocycles. The average Bonchev–Trinajstić information content (AvgIpc) is 2.20. The largest absolute Gasteiger partial charge is 0.478 e. The second-order valence-corrected chi connectivity index (χ2v) is 5.03. The van der Waals surface area contributed by atoms with Gasteiger partial charge in [0.2, 0.25) is 0 Å². The molecular formula is C12H13BrClNO2. The van der Waals surface area contributed by atoms with Crippen molar-refractivity contribution in [1.82, 2.24) is 0 Å². The highest BCUT2D eigenvalue weighted by Crippen LogP contribution is 2.29. The lowest BCUT2D eigenvalue weighted by molar-refractivity contribution is -0.131. The third-order valence-corrected chi connectivity index (χ3v) is 3.24. The minimum Gasteiger partial charge on any atom is -0.478 e. The van der Waals surface area contributed by atoms with Gasteiger partial charge < -0.3 is 10.4 Å². The molecule has 92 valence electrons. The number of benzene rings is 1. The van der Waals surface area contributed by atoms with Crippen LogP contribution in [0.1, 0.15) is 12.5 Å². The third kappa shape index (κ3) is 4.40. The molecule has 0 heterocycles. The van der Waals surface area contributed by atoms with Crippen molar-refractivity contribution in [2.75, 3.05) is 11.9 Å². The van der Waals surface area contributed by atoms with E-state index in [1.54, 1.807) is 6.92 Å². The summed E-state index contributed by atoms with van der Waals surface area (Å²) in [6, 6.07) is 3.73. The van der Waals surface area contributed by atoms with Gasteiger partial charge in [0, 0.05) is 22.1 Å². The van der Waals surface area contributed by atoms with Crippen molar-refractivity contribution in [3.63, 3.8) is 0 Å². The molecule has 1 rings (SSSR count). The van der Waals surface area contributed by atoms with Crippen molar-refractivity contribution < 1.29 is 9.90 Å². The monoisotopic (exact) mass is 317 g/mol. The molecule has 0 aliphatic carbocycles. The number of nitrogens with one attached hydrogen (secondary N) is 1. The van der Waals surface area contributed by atoms with E-state index in [0.717, 1.165) is 21.3 Å². The molecule has 0 radical (unpaired) electrons. The third-order valence-electron chi connectivity index (χ3n) is 2.18. The molecule has 0 saturated carbocycles. The van der Waals surface area contributed by atoms with Gasteiger partial charge in [-0.05, 0) is 53.0 Å². The van der Waals surface area contributed by atoms with Gasteiger partial charge in [0.05, 0.1) is 5.69 Å². The lowest BCUT2D eigenvalue weighted by atomic mass is 10.2. The highest BCUT2D eigenvalue weighted by molar-refractivity contribution is 9.10. The summed E-state index contributed by atoms with van der Waals surface area (Å²) >= 11 is 9.44. The minimum atomic E-state index is -0.940. The molecule has 0 aliphatic heterocycles. The van der Waals surface area contributed by atoms with E-state index in [0.29, 0.717) is 11.6 Å². The van der Waals surface area contributed by atoms with Gasteiger partial charge in [-0.15, -0.1) is 0 Å². The lowest BCUT2D eigenvalue weighted by Crippen LogP contribution is -2.05. The number of hydrogen-bond donors (Lipinski definition) is 2. The van der Waals surface area contributed by atoms with Crippen LogP contribution in [0.4, 0.5) is 5.69 Å². The van der Waals surface area contributed by atoms with Gasteiger partial charge in [0.25, 0.3) is 0 Å². The lowest BCUT2D eigenvalue weighted by Gasteiger charge is -2.10. The van der Waals surface area contributed by atoms with E-state index in [4.69, 9.17) is 16.7 Å². The quantitative estimate of drug-likeness (QED) is 0.829. The molecule has 0 spiro atoms. The van der Waals surface area contributed by atoms with E-state index >= 15 is 0 Å². The van der Waals surface area contributed by atoms with Crippen LogP contribution >= 0.6 is 27.5 Å². The van der Waals surface area contributed by atoms with Crippen LogP contribution in [0.3, 0.4) is 0 Å². The van der Waals surface area contributed by atoms with Crippen LogP contribution in [0.2, 0.25) is 5.02 Å². The molecule has 0 atom stereocenters. The second-order valence-electron chi connectivity index (χ2n) is 3.76. The van der Waals surface area contributed by atoms with Crippen LogP contribution in [0.15, 0.2) is 28.3 Å². The number of carboxylic acid groups (broad SMARTS) is 1. The standard InChI is InChI=1S/C12H13BrClNO2/c1-7(3-12(16)17)6-15-11-5-10(14)8(2)4-9(11)13/h3-5,15H,6H2,1-2H3,(H,16,17)/b7-3-. The molecule has 0 unspecified atom stereocenters. The maximum Gasteiger partial charge on any atom is 0.328 e. The summed E-state index contributed by atoms with van der Waals surface area (Å²) in [5.74, 6) is -0.940. The highest BCUT2D eigenvalue weighted by atomic mass is 79.9. The van der Waals surface area contributed by atoms with E-state index in [9.17, 15) is 4.79 Å². The second kappa shape index (κ2) is 6.07. The molecule has 0 aliphatic rings. The van der Waals surface area contributed by atoms with Gasteiger partial charge in [0.1, 0.15) is 0 Å². The number of anilines is 1. The summed E-state index contributed by atoms with van der Waals surface area (Å²) in [7, 11) is 0. The fraction of sp³-hybridized carbons (Fsp3) is 0.250. The van der Waals surface area contributed by atoms with E-state index in [2.05, 4.69) is 21.2 Å². The number of carbonyl (C=O) groups is 1. The predicted octanol–water partition coefficient (Wildman–Crippen LogP) is 3.85. The molecule has 1 aromatic carbocycles. The summed E-state index contributed by atoms with van der Waals surface area (Å²) in [4.78, 5) is 10.5. The molecule has 3 nitrogen and oxygen atoms in total. The Bertz CT molecular complexity index is 472. The summed E-state index contributed by atoms with van der Waals surface area (Å²) in [6.45, 7) is 4.14. The fourth-order valence-corrected chi connectivity index (χ4v) is 2.04.